The highest BCUT2D eigenvalue weighted by molar-refractivity contribution is 6.53. The number of benzene rings is 3. The molecule has 1 heterocycles. The number of imide groups is 1. The summed E-state index contributed by atoms with van der Waals surface area (Å²) in [6.07, 6.45) is 0. The Morgan fingerprint density at radius 3 is 2.39 bits per heavy atom. The van der Waals surface area contributed by atoms with Gasteiger partial charge in [0, 0.05) is 17.3 Å². The van der Waals surface area contributed by atoms with Crippen molar-refractivity contribution in [1.82, 2.24) is 0 Å². The molecule has 1 aliphatic heterocycles. The molecule has 9 nitrogen and oxygen atoms in total. The number of ether oxygens (including phenoxy) is 3. The van der Waals surface area contributed by atoms with Crippen LogP contribution in [-0.2, 0) is 9.59 Å². The number of hydrogen-bond acceptors (Lipinski definition) is 7. The van der Waals surface area contributed by atoms with Gasteiger partial charge in [-0.05, 0) is 55.8 Å². The maximum absolute atomic E-state index is 13.3. The lowest BCUT2D eigenvalue weighted by molar-refractivity contribution is -0.120. The number of hydrogen-bond donors (Lipinski definition) is 2. The first-order valence-electron chi connectivity index (χ1n) is 11.7. The third-order valence-corrected chi connectivity index (χ3v) is 6.20. The molecule has 196 valence electrons. The van der Waals surface area contributed by atoms with Gasteiger partial charge >= 0.3 is 0 Å². The smallest absolute Gasteiger partial charge is 0.283 e. The van der Waals surface area contributed by atoms with E-state index in [1.807, 2.05) is 13.0 Å². The van der Waals surface area contributed by atoms with Crippen molar-refractivity contribution in [3.05, 3.63) is 82.5 Å². The van der Waals surface area contributed by atoms with Crippen molar-refractivity contribution in [2.75, 3.05) is 36.4 Å². The first kappa shape index (κ1) is 26.6. The van der Waals surface area contributed by atoms with Gasteiger partial charge in [-0.2, -0.15) is 0 Å². The lowest BCUT2D eigenvalue weighted by Gasteiger charge is -2.19. The van der Waals surface area contributed by atoms with Crippen LogP contribution in [0.5, 0.6) is 17.2 Å². The Labute approximate surface area is 224 Å². The normalized spacial score (nSPS) is 13.0. The molecule has 0 saturated heterocycles. The molecule has 3 aromatic rings. The van der Waals surface area contributed by atoms with Crippen LogP contribution in [0.3, 0.4) is 0 Å². The number of para-hydroxylation sites is 2. The van der Waals surface area contributed by atoms with Crippen LogP contribution in [0.2, 0.25) is 0 Å². The molecular formula is C28H26ClN3O6. The van der Waals surface area contributed by atoms with E-state index in [1.165, 1.54) is 20.3 Å². The second-order valence-electron chi connectivity index (χ2n) is 8.21. The molecule has 0 atom stereocenters. The van der Waals surface area contributed by atoms with Crippen molar-refractivity contribution in [2.45, 2.75) is 13.8 Å². The van der Waals surface area contributed by atoms with Crippen LogP contribution in [-0.4, -0.2) is 38.5 Å². The van der Waals surface area contributed by atoms with Crippen molar-refractivity contribution >= 4 is 46.4 Å². The van der Waals surface area contributed by atoms with Gasteiger partial charge in [0.1, 0.15) is 28.0 Å². The van der Waals surface area contributed by atoms with Crippen molar-refractivity contribution < 1.29 is 28.6 Å². The third-order valence-electron chi connectivity index (χ3n) is 5.85. The summed E-state index contributed by atoms with van der Waals surface area (Å²) in [4.78, 5) is 40.3. The lowest BCUT2D eigenvalue weighted by atomic mass is 10.1. The van der Waals surface area contributed by atoms with E-state index in [4.69, 9.17) is 25.8 Å². The molecule has 4 rings (SSSR count). The maximum Gasteiger partial charge on any atom is 0.283 e. The Hall–Kier alpha value is -4.50. The zero-order valence-corrected chi connectivity index (χ0v) is 22.0. The molecule has 2 N–H and O–H groups in total. The number of nitrogens with one attached hydrogen (secondary N) is 2. The summed E-state index contributed by atoms with van der Waals surface area (Å²) in [5.41, 5.74) is 2.13. The summed E-state index contributed by atoms with van der Waals surface area (Å²) in [5, 5.41) is 5.51. The summed E-state index contributed by atoms with van der Waals surface area (Å²) in [7, 11) is 2.92. The van der Waals surface area contributed by atoms with Gasteiger partial charge in [0.25, 0.3) is 17.7 Å². The van der Waals surface area contributed by atoms with Gasteiger partial charge < -0.3 is 24.8 Å². The predicted molar refractivity (Wildman–Crippen MR) is 145 cm³/mol. The van der Waals surface area contributed by atoms with E-state index in [0.717, 1.165) is 10.5 Å². The summed E-state index contributed by atoms with van der Waals surface area (Å²) in [6.45, 7) is 4.11. The largest absolute Gasteiger partial charge is 0.497 e. The van der Waals surface area contributed by atoms with Gasteiger partial charge in [-0.3, -0.25) is 14.4 Å². The fourth-order valence-electron chi connectivity index (χ4n) is 3.88. The highest BCUT2D eigenvalue weighted by Gasteiger charge is 2.40. The minimum atomic E-state index is -0.707. The number of aryl methyl sites for hydroxylation is 1. The second kappa shape index (κ2) is 11.3. The van der Waals surface area contributed by atoms with E-state index in [-0.39, 0.29) is 28.1 Å². The topological polar surface area (TPSA) is 106 Å². The molecule has 3 amide bonds. The molecule has 0 fully saturated rings. The van der Waals surface area contributed by atoms with Crippen LogP contribution in [0.25, 0.3) is 0 Å². The van der Waals surface area contributed by atoms with E-state index in [0.29, 0.717) is 35.0 Å². The maximum atomic E-state index is 13.3. The number of anilines is 3. The number of carbonyl (C=O) groups excluding carboxylic acids is 3. The molecule has 3 aromatic carbocycles. The number of nitrogens with zero attached hydrogens (tertiary/aromatic N) is 1. The standard InChI is InChI=1S/C28H26ClN3O6/c1-5-38-22-9-7-6-8-19(22)31-26(33)17-11-10-16(2)20(14-17)30-25-24(29)27(34)32(28(25)35)21-13-12-18(36-3)15-23(21)37-4/h6-15,30H,5H2,1-4H3,(H,31,33). The summed E-state index contributed by atoms with van der Waals surface area (Å²) < 4.78 is 16.1. The van der Waals surface area contributed by atoms with E-state index in [1.54, 1.807) is 55.5 Å². The zero-order valence-electron chi connectivity index (χ0n) is 21.3. The van der Waals surface area contributed by atoms with Crippen LogP contribution in [0, 0.1) is 6.92 Å². The van der Waals surface area contributed by atoms with E-state index < -0.39 is 11.8 Å². The van der Waals surface area contributed by atoms with Gasteiger partial charge in [0.2, 0.25) is 0 Å². The minimum Gasteiger partial charge on any atom is -0.497 e. The van der Waals surface area contributed by atoms with Gasteiger partial charge in [-0.1, -0.05) is 29.8 Å². The number of methoxy groups -OCH3 is 2. The highest BCUT2D eigenvalue weighted by atomic mass is 35.5. The molecule has 0 spiro atoms. The Balaban J connectivity index is 1.60. The molecule has 0 bridgehead atoms. The zero-order chi connectivity index (χ0) is 27.4. The summed E-state index contributed by atoms with van der Waals surface area (Å²) in [6, 6.07) is 16.8. The second-order valence-corrected chi connectivity index (χ2v) is 8.59. The van der Waals surface area contributed by atoms with Crippen molar-refractivity contribution in [3.8, 4) is 17.2 Å². The number of halogens is 1. The van der Waals surface area contributed by atoms with Gasteiger partial charge in [0.15, 0.2) is 0 Å². The molecule has 0 aromatic heterocycles. The minimum absolute atomic E-state index is 0.114. The first-order valence-corrected chi connectivity index (χ1v) is 12.1. The number of carbonyl (C=O) groups is 3. The van der Waals surface area contributed by atoms with Crippen molar-refractivity contribution in [2.24, 2.45) is 0 Å². The lowest BCUT2D eigenvalue weighted by Crippen LogP contribution is -2.32. The molecule has 0 unspecified atom stereocenters. The fourth-order valence-corrected chi connectivity index (χ4v) is 4.09. The van der Waals surface area contributed by atoms with Gasteiger partial charge in [0.05, 0.1) is 32.2 Å². The highest BCUT2D eigenvalue weighted by Crippen LogP contribution is 2.38. The quantitative estimate of drug-likeness (QED) is 0.367. The van der Waals surface area contributed by atoms with Crippen LogP contribution < -0.4 is 29.7 Å². The Kier molecular flexibility index (Phi) is 7.87. The number of amides is 3. The average Bonchev–Trinajstić information content (AvgIpc) is 3.13. The van der Waals surface area contributed by atoms with E-state index in [9.17, 15) is 14.4 Å². The van der Waals surface area contributed by atoms with Gasteiger partial charge in [-0.25, -0.2) is 4.90 Å². The molecular weight excluding hydrogens is 510 g/mol. The predicted octanol–water partition coefficient (Wildman–Crippen LogP) is 5.10. The van der Waals surface area contributed by atoms with E-state index in [2.05, 4.69) is 10.6 Å². The van der Waals surface area contributed by atoms with Gasteiger partial charge in [-0.15, -0.1) is 0 Å². The molecule has 0 saturated carbocycles. The van der Waals surface area contributed by atoms with Crippen LogP contribution in [0.4, 0.5) is 17.1 Å². The Morgan fingerprint density at radius 2 is 1.68 bits per heavy atom. The average molecular weight is 536 g/mol. The molecule has 10 heteroatoms. The molecule has 0 aliphatic carbocycles. The fraction of sp³-hybridized carbons (Fsp3) is 0.179. The first-order chi connectivity index (χ1) is 18.3. The van der Waals surface area contributed by atoms with Crippen LogP contribution in [0.15, 0.2) is 71.4 Å². The van der Waals surface area contributed by atoms with Crippen molar-refractivity contribution in [3.63, 3.8) is 0 Å². The van der Waals surface area contributed by atoms with Crippen LogP contribution in [0.1, 0.15) is 22.8 Å². The molecule has 38 heavy (non-hydrogen) atoms. The summed E-state index contributed by atoms with van der Waals surface area (Å²) in [5.74, 6) is -0.436. The SMILES string of the molecule is CCOc1ccccc1NC(=O)c1ccc(C)c(NC2=C(Cl)C(=O)N(c3ccc(OC)cc3OC)C2=O)c1. The van der Waals surface area contributed by atoms with Crippen molar-refractivity contribution in [1.29, 1.82) is 0 Å². The molecule has 0 radical (unpaired) electrons. The summed E-state index contributed by atoms with van der Waals surface area (Å²) >= 11 is 6.33. The molecule has 1 aliphatic rings. The monoisotopic (exact) mass is 535 g/mol. The number of rotatable bonds is 9. The third kappa shape index (κ3) is 5.14. The van der Waals surface area contributed by atoms with Crippen LogP contribution >= 0.6 is 11.6 Å². The Bertz CT molecular complexity index is 1450. The Morgan fingerprint density at radius 1 is 0.921 bits per heavy atom. The van der Waals surface area contributed by atoms with E-state index >= 15 is 0 Å².